The molecular formula is C13H15FN2O2. The van der Waals surface area contributed by atoms with Crippen molar-refractivity contribution in [2.45, 2.75) is 6.92 Å². The molecule has 4 nitrogen and oxygen atoms in total. The number of aliphatic hydroxyl groups is 1. The number of hydrogen-bond donors (Lipinski definition) is 2. The Balaban J connectivity index is 2.41. The number of rotatable bonds is 3. The fourth-order valence-corrected chi connectivity index (χ4v) is 1.95. The summed E-state index contributed by atoms with van der Waals surface area (Å²) in [6, 6.07) is 4.51. The highest BCUT2D eigenvalue weighted by atomic mass is 19.1. The number of benzene rings is 1. The lowest BCUT2D eigenvalue weighted by Crippen LogP contribution is -2.29. The summed E-state index contributed by atoms with van der Waals surface area (Å²) < 4.78 is 13.2. The van der Waals surface area contributed by atoms with E-state index in [1.807, 2.05) is 0 Å². The first-order valence-corrected chi connectivity index (χ1v) is 5.68. The van der Waals surface area contributed by atoms with Crippen molar-refractivity contribution in [3.63, 3.8) is 0 Å². The van der Waals surface area contributed by atoms with E-state index >= 15 is 0 Å². The number of aromatic amines is 1. The van der Waals surface area contributed by atoms with E-state index in [4.69, 9.17) is 5.11 Å². The molecule has 5 heteroatoms. The summed E-state index contributed by atoms with van der Waals surface area (Å²) in [7, 11) is 1.61. The van der Waals surface area contributed by atoms with Gasteiger partial charge in [-0.1, -0.05) is 0 Å². The van der Waals surface area contributed by atoms with Crippen LogP contribution in [0.15, 0.2) is 18.2 Å². The van der Waals surface area contributed by atoms with E-state index in [0.717, 1.165) is 10.9 Å². The molecule has 1 amide bonds. The summed E-state index contributed by atoms with van der Waals surface area (Å²) in [6.07, 6.45) is 0. The van der Waals surface area contributed by atoms with Gasteiger partial charge in [-0.25, -0.2) is 4.39 Å². The van der Waals surface area contributed by atoms with Gasteiger partial charge in [0.1, 0.15) is 11.5 Å². The van der Waals surface area contributed by atoms with Crippen LogP contribution in [0.25, 0.3) is 10.9 Å². The summed E-state index contributed by atoms with van der Waals surface area (Å²) in [5, 5.41) is 9.63. The second-order valence-electron chi connectivity index (χ2n) is 4.32. The molecule has 0 atom stereocenters. The summed E-state index contributed by atoms with van der Waals surface area (Å²) >= 11 is 0. The number of H-pyrrole nitrogens is 1. The lowest BCUT2D eigenvalue weighted by Gasteiger charge is -2.13. The van der Waals surface area contributed by atoms with Crippen molar-refractivity contribution in [2.75, 3.05) is 20.2 Å². The first-order valence-electron chi connectivity index (χ1n) is 5.68. The predicted molar refractivity (Wildman–Crippen MR) is 67.0 cm³/mol. The summed E-state index contributed by atoms with van der Waals surface area (Å²) in [5.41, 5.74) is 1.79. The highest BCUT2D eigenvalue weighted by Crippen LogP contribution is 2.21. The largest absolute Gasteiger partial charge is 0.395 e. The maximum atomic E-state index is 13.2. The van der Waals surface area contributed by atoms with E-state index in [2.05, 4.69) is 4.98 Å². The number of carbonyl (C=O) groups excluding carboxylic acids is 1. The molecule has 0 saturated heterocycles. The van der Waals surface area contributed by atoms with E-state index in [-0.39, 0.29) is 24.9 Å². The molecule has 1 heterocycles. The Morgan fingerprint density at radius 2 is 2.17 bits per heavy atom. The van der Waals surface area contributed by atoms with Gasteiger partial charge in [0.05, 0.1) is 6.61 Å². The maximum absolute atomic E-state index is 13.2. The molecule has 0 aliphatic rings. The van der Waals surface area contributed by atoms with Gasteiger partial charge in [-0.05, 0) is 30.7 Å². The highest BCUT2D eigenvalue weighted by molar-refractivity contribution is 5.98. The smallest absolute Gasteiger partial charge is 0.270 e. The molecule has 18 heavy (non-hydrogen) atoms. The van der Waals surface area contributed by atoms with Gasteiger partial charge in [0, 0.05) is 24.5 Å². The Kier molecular flexibility index (Phi) is 3.34. The molecule has 2 aromatic rings. The number of halogens is 1. The number of aryl methyl sites for hydroxylation is 1. The van der Waals surface area contributed by atoms with Crippen molar-refractivity contribution in [3.05, 3.63) is 35.3 Å². The number of nitrogens with one attached hydrogen (secondary N) is 1. The summed E-state index contributed by atoms with van der Waals surface area (Å²) in [5.74, 6) is -0.551. The van der Waals surface area contributed by atoms with E-state index in [9.17, 15) is 9.18 Å². The van der Waals surface area contributed by atoms with Crippen LogP contribution in [0.5, 0.6) is 0 Å². The molecule has 0 spiro atoms. The molecule has 2 rings (SSSR count). The molecule has 2 N–H and O–H groups in total. The third-order valence-electron chi connectivity index (χ3n) is 2.92. The third kappa shape index (κ3) is 2.22. The van der Waals surface area contributed by atoms with Crippen molar-refractivity contribution < 1.29 is 14.3 Å². The Morgan fingerprint density at radius 1 is 1.44 bits per heavy atom. The van der Waals surface area contributed by atoms with Crippen molar-refractivity contribution >= 4 is 16.8 Å². The predicted octanol–water partition coefficient (Wildman–Crippen LogP) is 1.68. The fourth-order valence-electron chi connectivity index (χ4n) is 1.95. The van der Waals surface area contributed by atoms with Crippen LogP contribution >= 0.6 is 0 Å². The summed E-state index contributed by atoms with van der Waals surface area (Å²) in [6.45, 7) is 1.97. The minimum atomic E-state index is -0.329. The maximum Gasteiger partial charge on any atom is 0.270 e. The Hall–Kier alpha value is -1.88. The number of aromatic nitrogens is 1. The second kappa shape index (κ2) is 4.78. The molecule has 0 aliphatic carbocycles. The highest BCUT2D eigenvalue weighted by Gasteiger charge is 2.15. The number of fused-ring (bicyclic) bond motifs is 1. The van der Waals surface area contributed by atoms with E-state index in [1.165, 1.54) is 17.0 Å². The third-order valence-corrected chi connectivity index (χ3v) is 2.92. The quantitative estimate of drug-likeness (QED) is 0.870. The standard InChI is InChI=1S/C13H15FN2O2/c1-8-5-9(14)6-11-10(8)7-12(15-11)13(18)16(2)3-4-17/h5-7,15,17H,3-4H2,1-2H3. The van der Waals surface area contributed by atoms with Crippen LogP contribution in [-0.2, 0) is 0 Å². The van der Waals surface area contributed by atoms with Crippen LogP contribution in [-0.4, -0.2) is 41.1 Å². The van der Waals surface area contributed by atoms with Crippen molar-refractivity contribution in [2.24, 2.45) is 0 Å². The Morgan fingerprint density at radius 3 is 2.83 bits per heavy atom. The van der Waals surface area contributed by atoms with Gasteiger partial charge in [-0.3, -0.25) is 4.79 Å². The number of nitrogens with zero attached hydrogens (tertiary/aromatic N) is 1. The molecule has 96 valence electrons. The number of amides is 1. The van der Waals surface area contributed by atoms with Gasteiger partial charge in [-0.2, -0.15) is 0 Å². The minimum absolute atomic E-state index is 0.0872. The van der Waals surface area contributed by atoms with Gasteiger partial charge in [-0.15, -0.1) is 0 Å². The van der Waals surface area contributed by atoms with E-state index in [0.29, 0.717) is 11.2 Å². The van der Waals surface area contributed by atoms with Gasteiger partial charge in [0.25, 0.3) is 5.91 Å². The molecular weight excluding hydrogens is 235 g/mol. The van der Waals surface area contributed by atoms with Gasteiger partial charge >= 0.3 is 0 Å². The SMILES string of the molecule is Cc1cc(F)cc2[nH]c(C(=O)N(C)CCO)cc12. The molecule has 1 aromatic carbocycles. The van der Waals surface area contributed by atoms with Crippen molar-refractivity contribution in [1.82, 2.24) is 9.88 Å². The van der Waals surface area contributed by atoms with Crippen LogP contribution in [0.4, 0.5) is 4.39 Å². The van der Waals surface area contributed by atoms with Crippen LogP contribution in [0.3, 0.4) is 0 Å². The first kappa shape index (κ1) is 12.6. The van der Waals surface area contributed by atoms with Crippen LogP contribution in [0.2, 0.25) is 0 Å². The minimum Gasteiger partial charge on any atom is -0.395 e. The van der Waals surface area contributed by atoms with Crippen molar-refractivity contribution in [1.29, 1.82) is 0 Å². The summed E-state index contributed by atoms with van der Waals surface area (Å²) in [4.78, 5) is 16.3. The fraction of sp³-hybridized carbons (Fsp3) is 0.308. The Bertz CT molecular complexity index is 592. The van der Waals surface area contributed by atoms with E-state index < -0.39 is 0 Å². The molecule has 0 fully saturated rings. The molecule has 0 saturated carbocycles. The zero-order chi connectivity index (χ0) is 13.3. The number of hydrogen-bond acceptors (Lipinski definition) is 2. The molecule has 0 aliphatic heterocycles. The van der Waals surface area contributed by atoms with Crippen LogP contribution in [0, 0.1) is 12.7 Å². The number of likely N-dealkylation sites (N-methyl/N-ethyl adjacent to an activating group) is 1. The molecule has 0 radical (unpaired) electrons. The molecule has 1 aromatic heterocycles. The topological polar surface area (TPSA) is 56.3 Å². The first-order chi connectivity index (χ1) is 8.52. The zero-order valence-corrected chi connectivity index (χ0v) is 10.3. The molecule has 0 unspecified atom stereocenters. The lowest BCUT2D eigenvalue weighted by molar-refractivity contribution is 0.0762. The van der Waals surface area contributed by atoms with E-state index in [1.54, 1.807) is 20.0 Å². The number of aliphatic hydroxyl groups excluding tert-OH is 1. The average Bonchev–Trinajstić information content (AvgIpc) is 2.72. The van der Waals surface area contributed by atoms with Crippen LogP contribution < -0.4 is 0 Å². The lowest BCUT2D eigenvalue weighted by atomic mass is 10.1. The Labute approximate surface area is 104 Å². The van der Waals surface area contributed by atoms with Crippen LogP contribution in [0.1, 0.15) is 16.1 Å². The van der Waals surface area contributed by atoms with Gasteiger partial charge in [0.15, 0.2) is 0 Å². The number of carbonyl (C=O) groups is 1. The van der Waals surface area contributed by atoms with Gasteiger partial charge < -0.3 is 15.0 Å². The normalized spacial score (nSPS) is 10.9. The van der Waals surface area contributed by atoms with Gasteiger partial charge in [0.2, 0.25) is 0 Å². The zero-order valence-electron chi connectivity index (χ0n) is 10.3. The monoisotopic (exact) mass is 250 g/mol. The average molecular weight is 250 g/mol. The molecule has 0 bridgehead atoms. The van der Waals surface area contributed by atoms with Crippen molar-refractivity contribution in [3.8, 4) is 0 Å². The second-order valence-corrected chi connectivity index (χ2v) is 4.32.